The van der Waals surface area contributed by atoms with Crippen LogP contribution in [0.2, 0.25) is 5.02 Å². The second-order valence-electron chi connectivity index (χ2n) is 5.88. The van der Waals surface area contributed by atoms with E-state index >= 15 is 0 Å². The minimum Gasteiger partial charge on any atom is -0.352 e. The van der Waals surface area contributed by atoms with Crippen molar-refractivity contribution < 1.29 is 0 Å². The summed E-state index contributed by atoms with van der Waals surface area (Å²) in [4.78, 5) is 10.9. The molecule has 3 rings (SSSR count). The summed E-state index contributed by atoms with van der Waals surface area (Å²) < 4.78 is 1.83. The molecule has 0 saturated carbocycles. The van der Waals surface area contributed by atoms with Crippen molar-refractivity contribution in [3.05, 3.63) is 63.3 Å². The second-order valence-corrected chi connectivity index (χ2v) is 7.38. The van der Waals surface area contributed by atoms with Crippen molar-refractivity contribution in [1.82, 2.24) is 25.0 Å². The van der Waals surface area contributed by atoms with Crippen molar-refractivity contribution in [1.29, 1.82) is 0 Å². The van der Waals surface area contributed by atoms with Crippen molar-refractivity contribution >= 4 is 28.9 Å². The van der Waals surface area contributed by atoms with E-state index in [0.717, 1.165) is 27.9 Å². The van der Waals surface area contributed by atoms with E-state index in [4.69, 9.17) is 11.6 Å². The van der Waals surface area contributed by atoms with E-state index in [2.05, 4.69) is 30.7 Å². The highest BCUT2D eigenvalue weighted by molar-refractivity contribution is 7.09. The Morgan fingerprint density at radius 3 is 2.77 bits per heavy atom. The lowest BCUT2D eigenvalue weighted by molar-refractivity contribution is 0.470. The van der Waals surface area contributed by atoms with E-state index in [0.29, 0.717) is 18.1 Å². The molecular formula is C18H21ClN6S. The average molecular weight is 389 g/mol. The Hall–Kier alpha value is -2.38. The van der Waals surface area contributed by atoms with E-state index in [1.54, 1.807) is 18.4 Å². The molecule has 3 aromatic rings. The van der Waals surface area contributed by atoms with Crippen LogP contribution in [-0.4, -0.2) is 39.7 Å². The van der Waals surface area contributed by atoms with Gasteiger partial charge in [0.1, 0.15) is 0 Å². The quantitative estimate of drug-likeness (QED) is 0.537. The zero-order valence-electron chi connectivity index (χ0n) is 15.0. The van der Waals surface area contributed by atoms with Crippen LogP contribution in [0.5, 0.6) is 0 Å². The number of nitrogens with zero attached hydrogens (tertiary/aromatic N) is 5. The number of halogens is 1. The van der Waals surface area contributed by atoms with Gasteiger partial charge in [0.15, 0.2) is 5.96 Å². The summed E-state index contributed by atoms with van der Waals surface area (Å²) in [5, 5.41) is 11.6. The van der Waals surface area contributed by atoms with Crippen LogP contribution in [-0.2, 0) is 13.1 Å². The fourth-order valence-electron chi connectivity index (χ4n) is 2.55. The van der Waals surface area contributed by atoms with Gasteiger partial charge in [-0.1, -0.05) is 11.6 Å². The molecule has 0 radical (unpaired) electrons. The van der Waals surface area contributed by atoms with Gasteiger partial charge < -0.3 is 10.2 Å². The number of aliphatic imine (C=N–C) groups is 1. The molecule has 0 fully saturated rings. The zero-order chi connectivity index (χ0) is 18.5. The van der Waals surface area contributed by atoms with Gasteiger partial charge in [0.2, 0.25) is 0 Å². The SMILES string of the molecule is CN=C(NCc1cnn(-c2ccc(Cl)cc2)c1)N(C)Cc1csc(C)n1. The Balaban J connectivity index is 1.59. The maximum absolute atomic E-state index is 5.93. The molecule has 0 amide bonds. The number of hydrogen-bond acceptors (Lipinski definition) is 4. The number of hydrogen-bond donors (Lipinski definition) is 1. The number of guanidine groups is 1. The van der Waals surface area contributed by atoms with Crippen molar-refractivity contribution in [2.24, 2.45) is 4.99 Å². The molecule has 1 N–H and O–H groups in total. The Bertz CT molecular complexity index is 883. The van der Waals surface area contributed by atoms with Crippen molar-refractivity contribution in [3.8, 4) is 5.69 Å². The molecule has 0 spiro atoms. The van der Waals surface area contributed by atoms with Crippen molar-refractivity contribution in [2.75, 3.05) is 14.1 Å². The van der Waals surface area contributed by atoms with E-state index in [1.807, 2.05) is 55.3 Å². The second kappa shape index (κ2) is 8.33. The lowest BCUT2D eigenvalue weighted by atomic mass is 10.3. The summed E-state index contributed by atoms with van der Waals surface area (Å²) in [6.45, 7) is 3.37. The third kappa shape index (κ3) is 4.62. The van der Waals surface area contributed by atoms with Crippen LogP contribution in [0.4, 0.5) is 0 Å². The largest absolute Gasteiger partial charge is 0.352 e. The number of aromatic nitrogens is 3. The highest BCUT2D eigenvalue weighted by Gasteiger charge is 2.09. The monoisotopic (exact) mass is 388 g/mol. The van der Waals surface area contributed by atoms with Gasteiger partial charge in [-0.05, 0) is 31.2 Å². The molecule has 2 heterocycles. The van der Waals surface area contributed by atoms with Crippen molar-refractivity contribution in [3.63, 3.8) is 0 Å². The summed E-state index contributed by atoms with van der Waals surface area (Å²) in [6, 6.07) is 7.59. The van der Waals surface area contributed by atoms with Crippen LogP contribution in [0.15, 0.2) is 47.0 Å². The highest BCUT2D eigenvalue weighted by atomic mass is 35.5. The number of aryl methyl sites for hydroxylation is 1. The first kappa shape index (κ1) is 18.4. The predicted molar refractivity (Wildman–Crippen MR) is 107 cm³/mol. The van der Waals surface area contributed by atoms with Crippen molar-refractivity contribution in [2.45, 2.75) is 20.0 Å². The van der Waals surface area contributed by atoms with Crippen LogP contribution in [0.25, 0.3) is 5.69 Å². The number of thiazole rings is 1. The van der Waals surface area contributed by atoms with Gasteiger partial charge in [-0.3, -0.25) is 4.99 Å². The first-order valence-electron chi connectivity index (χ1n) is 8.17. The summed E-state index contributed by atoms with van der Waals surface area (Å²) in [6.07, 6.45) is 3.84. The lowest BCUT2D eigenvalue weighted by Gasteiger charge is -2.20. The first-order chi connectivity index (χ1) is 12.5. The molecule has 1 aromatic carbocycles. The van der Waals surface area contributed by atoms with Gasteiger partial charge in [0, 0.05) is 42.8 Å². The van der Waals surface area contributed by atoms with Crippen LogP contribution in [0.1, 0.15) is 16.3 Å². The van der Waals surface area contributed by atoms with Crippen LogP contribution in [0.3, 0.4) is 0 Å². The normalized spacial score (nSPS) is 11.6. The molecule has 0 atom stereocenters. The molecular weight excluding hydrogens is 368 g/mol. The fourth-order valence-corrected chi connectivity index (χ4v) is 3.28. The average Bonchev–Trinajstić information content (AvgIpc) is 3.25. The molecule has 0 aliphatic carbocycles. The summed E-state index contributed by atoms with van der Waals surface area (Å²) in [7, 11) is 3.78. The van der Waals surface area contributed by atoms with Crippen LogP contribution in [0, 0.1) is 6.92 Å². The first-order valence-corrected chi connectivity index (χ1v) is 9.43. The molecule has 0 bridgehead atoms. The fraction of sp³-hybridized carbons (Fsp3) is 0.278. The standard InChI is InChI=1S/C18H21ClN6S/c1-13-23-16(12-26-13)11-24(3)18(20-2)21-8-14-9-22-25(10-14)17-6-4-15(19)5-7-17/h4-7,9-10,12H,8,11H2,1-3H3,(H,20,21). The number of rotatable bonds is 5. The van der Waals surface area contributed by atoms with Gasteiger partial charge in [-0.2, -0.15) is 5.10 Å². The molecule has 26 heavy (non-hydrogen) atoms. The van der Waals surface area contributed by atoms with Gasteiger partial charge in [-0.15, -0.1) is 11.3 Å². The minimum atomic E-state index is 0.640. The lowest BCUT2D eigenvalue weighted by Crippen LogP contribution is -2.38. The number of benzene rings is 1. The van der Waals surface area contributed by atoms with Crippen LogP contribution >= 0.6 is 22.9 Å². The van der Waals surface area contributed by atoms with Gasteiger partial charge in [-0.25, -0.2) is 9.67 Å². The topological polar surface area (TPSA) is 58.3 Å². The highest BCUT2D eigenvalue weighted by Crippen LogP contribution is 2.13. The summed E-state index contributed by atoms with van der Waals surface area (Å²) in [5.74, 6) is 0.815. The van der Waals surface area contributed by atoms with Gasteiger partial charge >= 0.3 is 0 Å². The zero-order valence-corrected chi connectivity index (χ0v) is 16.6. The van der Waals surface area contributed by atoms with Gasteiger partial charge in [0.05, 0.1) is 29.1 Å². The Kier molecular flexibility index (Phi) is 5.90. The van der Waals surface area contributed by atoms with Gasteiger partial charge in [0.25, 0.3) is 0 Å². The number of nitrogens with one attached hydrogen (secondary N) is 1. The smallest absolute Gasteiger partial charge is 0.194 e. The molecule has 0 aliphatic heterocycles. The predicted octanol–water partition coefficient (Wildman–Crippen LogP) is 3.50. The Labute approximate surface area is 162 Å². The maximum atomic E-state index is 5.93. The maximum Gasteiger partial charge on any atom is 0.194 e. The summed E-state index contributed by atoms with van der Waals surface area (Å²) >= 11 is 7.59. The third-order valence-electron chi connectivity index (χ3n) is 3.82. The van der Waals surface area contributed by atoms with E-state index in [1.165, 1.54) is 0 Å². The molecule has 0 saturated heterocycles. The molecule has 2 aromatic heterocycles. The minimum absolute atomic E-state index is 0.640. The Morgan fingerprint density at radius 2 is 2.12 bits per heavy atom. The molecule has 8 heteroatoms. The summed E-state index contributed by atoms with van der Waals surface area (Å²) in [5.41, 5.74) is 3.09. The molecule has 136 valence electrons. The Morgan fingerprint density at radius 1 is 1.35 bits per heavy atom. The van der Waals surface area contributed by atoms with E-state index in [9.17, 15) is 0 Å². The molecule has 0 aliphatic rings. The third-order valence-corrected chi connectivity index (χ3v) is 4.89. The van der Waals surface area contributed by atoms with Crippen LogP contribution < -0.4 is 5.32 Å². The van der Waals surface area contributed by atoms with E-state index < -0.39 is 0 Å². The molecule has 0 unspecified atom stereocenters. The molecule has 6 nitrogen and oxygen atoms in total. The van der Waals surface area contributed by atoms with E-state index in [-0.39, 0.29) is 0 Å².